The van der Waals surface area contributed by atoms with Crippen LogP contribution in [-0.2, 0) is 9.53 Å². The molecule has 8 heteroatoms. The molecular weight excluding hydrogens is 418 g/mol. The van der Waals surface area contributed by atoms with Gasteiger partial charge in [0, 0.05) is 18.5 Å². The van der Waals surface area contributed by atoms with Crippen LogP contribution in [0.3, 0.4) is 0 Å². The van der Waals surface area contributed by atoms with Crippen molar-refractivity contribution >= 4 is 39.9 Å². The summed E-state index contributed by atoms with van der Waals surface area (Å²) in [4.78, 5) is 34.1. The summed E-state index contributed by atoms with van der Waals surface area (Å²) in [6.07, 6.45) is 2.02. The molecular formula is C22H25N3O3S2. The molecule has 1 fully saturated rings. The van der Waals surface area contributed by atoms with Gasteiger partial charge in [-0.05, 0) is 43.3 Å². The van der Waals surface area contributed by atoms with E-state index in [1.165, 1.54) is 16.6 Å². The van der Waals surface area contributed by atoms with E-state index in [1.807, 2.05) is 36.1 Å². The molecule has 0 aliphatic carbocycles. The van der Waals surface area contributed by atoms with E-state index in [4.69, 9.17) is 9.72 Å². The molecule has 3 heterocycles. The van der Waals surface area contributed by atoms with Crippen molar-refractivity contribution in [3.8, 4) is 0 Å². The second-order valence-electron chi connectivity index (χ2n) is 7.44. The van der Waals surface area contributed by atoms with Crippen LogP contribution in [0.2, 0.25) is 0 Å². The first-order valence-corrected chi connectivity index (χ1v) is 11.9. The van der Waals surface area contributed by atoms with E-state index in [0.29, 0.717) is 22.7 Å². The van der Waals surface area contributed by atoms with E-state index >= 15 is 0 Å². The summed E-state index contributed by atoms with van der Waals surface area (Å²) >= 11 is 3.03. The number of thiophene rings is 1. The molecule has 30 heavy (non-hydrogen) atoms. The van der Waals surface area contributed by atoms with Gasteiger partial charge in [0.1, 0.15) is 0 Å². The average molecular weight is 444 g/mol. The Kier molecular flexibility index (Phi) is 6.55. The lowest BCUT2D eigenvalue weighted by Gasteiger charge is -2.24. The second kappa shape index (κ2) is 9.32. The Bertz CT molecular complexity index is 1080. The van der Waals surface area contributed by atoms with Crippen molar-refractivity contribution in [1.82, 2.24) is 14.5 Å². The summed E-state index contributed by atoms with van der Waals surface area (Å²) in [5.41, 5.74) is 0.550. The van der Waals surface area contributed by atoms with E-state index in [0.717, 1.165) is 19.4 Å². The van der Waals surface area contributed by atoms with Gasteiger partial charge in [0.2, 0.25) is 5.91 Å². The quantitative estimate of drug-likeness (QED) is 0.406. The highest BCUT2D eigenvalue weighted by Crippen LogP contribution is 2.35. The van der Waals surface area contributed by atoms with Gasteiger partial charge in [-0.15, -0.1) is 11.3 Å². The summed E-state index contributed by atoms with van der Waals surface area (Å²) in [6, 6.07) is 11.4. The molecule has 2 aromatic heterocycles. The molecule has 0 N–H and O–H groups in total. The fourth-order valence-corrected chi connectivity index (χ4v) is 5.84. The van der Waals surface area contributed by atoms with Crippen LogP contribution in [-0.4, -0.2) is 46.4 Å². The summed E-state index contributed by atoms with van der Waals surface area (Å²) < 4.78 is 6.93. The molecule has 3 aromatic rings. The van der Waals surface area contributed by atoms with Crippen LogP contribution in [0.15, 0.2) is 51.7 Å². The van der Waals surface area contributed by atoms with Gasteiger partial charge in [0.25, 0.3) is 5.56 Å². The van der Waals surface area contributed by atoms with Gasteiger partial charge in [-0.1, -0.05) is 30.0 Å². The first kappa shape index (κ1) is 21.1. The van der Waals surface area contributed by atoms with Crippen LogP contribution in [0.4, 0.5) is 0 Å². The predicted molar refractivity (Wildman–Crippen MR) is 121 cm³/mol. The van der Waals surface area contributed by atoms with Gasteiger partial charge in [-0.3, -0.25) is 14.2 Å². The summed E-state index contributed by atoms with van der Waals surface area (Å²) in [5, 5.41) is 3.19. The number of hydrogen-bond acceptors (Lipinski definition) is 6. The molecule has 1 aliphatic rings. The number of fused-ring (bicyclic) bond motifs is 1. The minimum Gasteiger partial charge on any atom is -0.383 e. The zero-order valence-corrected chi connectivity index (χ0v) is 18.7. The maximum Gasteiger partial charge on any atom is 0.262 e. The Balaban J connectivity index is 1.59. The molecule has 1 aliphatic heterocycles. The number of thioether (sulfide) groups is 1. The van der Waals surface area contributed by atoms with Crippen molar-refractivity contribution in [2.75, 3.05) is 26.0 Å². The number of benzene rings is 1. The minimum absolute atomic E-state index is 0.0873. The average Bonchev–Trinajstić information content (AvgIpc) is 3.43. The number of carbonyl (C=O) groups excluding carboxylic acids is 1. The fraction of sp³-hybridized carbons (Fsp3) is 0.409. The summed E-state index contributed by atoms with van der Waals surface area (Å²) in [7, 11) is 1.62. The summed E-state index contributed by atoms with van der Waals surface area (Å²) in [6.45, 7) is 3.11. The van der Waals surface area contributed by atoms with Crippen LogP contribution in [0.25, 0.3) is 10.9 Å². The first-order chi connectivity index (χ1) is 14.6. The lowest BCUT2D eigenvalue weighted by molar-refractivity contribution is -0.129. The van der Waals surface area contributed by atoms with Gasteiger partial charge in [-0.2, -0.15) is 0 Å². The van der Waals surface area contributed by atoms with Crippen LogP contribution >= 0.6 is 23.1 Å². The number of aromatic nitrogens is 2. The van der Waals surface area contributed by atoms with Crippen molar-refractivity contribution in [3.05, 3.63) is 57.0 Å². The van der Waals surface area contributed by atoms with Gasteiger partial charge < -0.3 is 9.64 Å². The smallest absolute Gasteiger partial charge is 0.262 e. The van der Waals surface area contributed by atoms with Crippen molar-refractivity contribution in [2.45, 2.75) is 37.0 Å². The van der Waals surface area contributed by atoms with Gasteiger partial charge in [-0.25, -0.2) is 4.98 Å². The fourth-order valence-electron chi connectivity index (χ4n) is 3.98. The molecule has 0 bridgehead atoms. The van der Waals surface area contributed by atoms with Gasteiger partial charge >= 0.3 is 0 Å². The highest BCUT2D eigenvalue weighted by Gasteiger charge is 2.30. The second-order valence-corrected chi connectivity index (χ2v) is 9.36. The molecule has 0 saturated carbocycles. The van der Waals surface area contributed by atoms with E-state index in [9.17, 15) is 9.59 Å². The molecule has 0 radical (unpaired) electrons. The zero-order valence-electron chi connectivity index (χ0n) is 17.1. The third-order valence-corrected chi connectivity index (χ3v) is 7.30. The van der Waals surface area contributed by atoms with Gasteiger partial charge in [0.05, 0.1) is 35.3 Å². The third-order valence-electron chi connectivity index (χ3n) is 5.39. The monoisotopic (exact) mass is 443 g/mol. The maximum absolute atomic E-state index is 13.1. The SMILES string of the molecule is COC[C@H](C)n1c(SCC(=O)N2CCC[C@H]2c2cccs2)nc2ccccc2c1=O. The number of para-hydroxylation sites is 1. The molecule has 4 rings (SSSR count). The minimum atomic E-state index is -0.178. The number of methoxy groups -OCH3 is 1. The zero-order chi connectivity index (χ0) is 21.1. The molecule has 158 valence electrons. The number of nitrogens with zero attached hydrogens (tertiary/aromatic N) is 3. The molecule has 1 amide bonds. The van der Waals surface area contributed by atoms with E-state index in [-0.39, 0.29) is 29.3 Å². The highest BCUT2D eigenvalue weighted by molar-refractivity contribution is 7.99. The maximum atomic E-state index is 13.1. The predicted octanol–water partition coefficient (Wildman–Crippen LogP) is 4.12. The van der Waals surface area contributed by atoms with E-state index < -0.39 is 0 Å². The number of carbonyl (C=O) groups is 1. The topological polar surface area (TPSA) is 64.4 Å². The number of rotatable bonds is 7. The van der Waals surface area contributed by atoms with Gasteiger partial charge in [0.15, 0.2) is 5.16 Å². The van der Waals surface area contributed by atoms with Crippen LogP contribution in [0, 0.1) is 0 Å². The molecule has 6 nitrogen and oxygen atoms in total. The van der Waals surface area contributed by atoms with Crippen LogP contribution < -0.4 is 5.56 Å². The Labute approximate surface area is 183 Å². The Morgan fingerprint density at radius 1 is 1.33 bits per heavy atom. The molecule has 2 atom stereocenters. The molecule has 1 aromatic carbocycles. The summed E-state index contributed by atoms with van der Waals surface area (Å²) in [5.74, 6) is 0.344. The standard InChI is InChI=1S/C22H25N3O3S2/c1-15(13-28-2)25-21(27)16-7-3-4-8-17(16)23-22(25)30-14-20(26)24-11-5-9-18(24)19-10-6-12-29-19/h3-4,6-8,10,12,15,18H,5,9,11,13-14H2,1-2H3/t15-,18-/m0/s1. The number of likely N-dealkylation sites (tertiary alicyclic amines) is 1. The Morgan fingerprint density at radius 3 is 2.93 bits per heavy atom. The van der Waals surface area contributed by atoms with Crippen LogP contribution in [0.5, 0.6) is 0 Å². The van der Waals surface area contributed by atoms with Crippen molar-refractivity contribution in [2.24, 2.45) is 0 Å². The molecule has 1 saturated heterocycles. The van der Waals surface area contributed by atoms with E-state index in [2.05, 4.69) is 11.4 Å². The van der Waals surface area contributed by atoms with E-state index in [1.54, 1.807) is 29.1 Å². The van der Waals surface area contributed by atoms with Crippen molar-refractivity contribution in [3.63, 3.8) is 0 Å². The highest BCUT2D eigenvalue weighted by atomic mass is 32.2. The van der Waals surface area contributed by atoms with Crippen molar-refractivity contribution < 1.29 is 9.53 Å². The lowest BCUT2D eigenvalue weighted by atomic mass is 10.2. The largest absolute Gasteiger partial charge is 0.383 e. The van der Waals surface area contributed by atoms with Crippen LogP contribution in [0.1, 0.15) is 36.7 Å². The Hall–Kier alpha value is -2.16. The lowest BCUT2D eigenvalue weighted by Crippen LogP contribution is -2.32. The normalized spacial score (nSPS) is 17.5. The molecule has 0 spiro atoms. The molecule has 0 unspecified atom stereocenters. The first-order valence-electron chi connectivity index (χ1n) is 10.1. The van der Waals surface area contributed by atoms with Crippen molar-refractivity contribution in [1.29, 1.82) is 0 Å². The number of ether oxygens (including phenoxy) is 1. The Morgan fingerprint density at radius 2 is 2.17 bits per heavy atom. The number of amides is 1. The number of hydrogen-bond donors (Lipinski definition) is 0. The third kappa shape index (κ3) is 4.17.